The zero-order valence-corrected chi connectivity index (χ0v) is 12.2. The Hall–Kier alpha value is -1.38. The van der Waals surface area contributed by atoms with Crippen LogP contribution in [0.2, 0.25) is 0 Å². The van der Waals surface area contributed by atoms with Crippen molar-refractivity contribution in [1.82, 2.24) is 0 Å². The molecule has 0 spiro atoms. The number of nitrogens with zero attached hydrogens (tertiary/aromatic N) is 1. The minimum absolute atomic E-state index is 0.637. The first-order valence-corrected chi connectivity index (χ1v) is 7.55. The summed E-state index contributed by atoms with van der Waals surface area (Å²) in [7, 11) is 0. The van der Waals surface area contributed by atoms with Crippen molar-refractivity contribution >= 4 is 11.4 Å². The second kappa shape index (κ2) is 6.69. The Morgan fingerprint density at radius 3 is 2.58 bits per heavy atom. The van der Waals surface area contributed by atoms with Gasteiger partial charge in [0.25, 0.3) is 0 Å². The number of anilines is 2. The molecule has 1 aliphatic rings. The van der Waals surface area contributed by atoms with Gasteiger partial charge in [-0.25, -0.2) is 0 Å². The molecular weight excluding hydrogens is 236 g/mol. The molecule has 0 unspecified atom stereocenters. The van der Waals surface area contributed by atoms with Crippen LogP contribution in [-0.2, 0) is 0 Å². The van der Waals surface area contributed by atoms with E-state index in [1.807, 2.05) is 19.1 Å². The zero-order chi connectivity index (χ0) is 13.7. The lowest BCUT2D eigenvalue weighted by Gasteiger charge is -2.36. The average molecular weight is 262 g/mol. The van der Waals surface area contributed by atoms with E-state index in [1.165, 1.54) is 32.1 Å². The van der Waals surface area contributed by atoms with Crippen molar-refractivity contribution in [2.45, 2.75) is 52.0 Å². The van der Waals surface area contributed by atoms with Crippen molar-refractivity contribution < 1.29 is 4.74 Å². The Balaban J connectivity index is 2.24. The van der Waals surface area contributed by atoms with Gasteiger partial charge in [-0.1, -0.05) is 25.3 Å². The normalized spacial score (nSPS) is 16.3. The smallest absolute Gasteiger partial charge is 0.144 e. The van der Waals surface area contributed by atoms with Gasteiger partial charge in [-0.3, -0.25) is 0 Å². The molecule has 1 aromatic rings. The molecule has 1 fully saturated rings. The predicted octanol–water partition coefficient (Wildman–Crippen LogP) is 3.83. The quantitative estimate of drug-likeness (QED) is 0.820. The number of hydrogen-bond donors (Lipinski definition) is 1. The van der Waals surface area contributed by atoms with Crippen molar-refractivity contribution in [3.63, 3.8) is 0 Å². The number of rotatable bonds is 5. The van der Waals surface area contributed by atoms with Crippen LogP contribution in [0.15, 0.2) is 18.2 Å². The number of nitrogen functional groups attached to an aromatic ring is 1. The third-order valence-corrected chi connectivity index (χ3v) is 4.01. The lowest BCUT2D eigenvalue weighted by molar-refractivity contribution is 0.342. The summed E-state index contributed by atoms with van der Waals surface area (Å²) < 4.78 is 5.61. The molecule has 1 aromatic carbocycles. The van der Waals surface area contributed by atoms with Crippen LogP contribution in [0.3, 0.4) is 0 Å². The van der Waals surface area contributed by atoms with Gasteiger partial charge >= 0.3 is 0 Å². The van der Waals surface area contributed by atoms with Crippen LogP contribution in [0, 0.1) is 0 Å². The molecule has 3 nitrogen and oxygen atoms in total. The summed E-state index contributed by atoms with van der Waals surface area (Å²) in [4.78, 5) is 2.46. The first-order chi connectivity index (χ1) is 9.27. The predicted molar refractivity (Wildman–Crippen MR) is 81.9 cm³/mol. The molecule has 19 heavy (non-hydrogen) atoms. The maximum absolute atomic E-state index is 6.29. The summed E-state index contributed by atoms with van der Waals surface area (Å²) in [5.41, 5.74) is 8.21. The van der Waals surface area contributed by atoms with Crippen LogP contribution in [-0.4, -0.2) is 19.2 Å². The molecule has 0 saturated heterocycles. The monoisotopic (exact) mass is 262 g/mol. The first kappa shape index (κ1) is 14.0. The Morgan fingerprint density at radius 2 is 1.95 bits per heavy atom. The zero-order valence-electron chi connectivity index (χ0n) is 12.2. The lowest BCUT2D eigenvalue weighted by Crippen LogP contribution is -2.37. The summed E-state index contributed by atoms with van der Waals surface area (Å²) in [6.07, 6.45) is 6.62. The SMILES string of the molecule is CCOc1cccc(N(CC)C2CCCCC2)c1N. The maximum Gasteiger partial charge on any atom is 0.144 e. The Morgan fingerprint density at radius 1 is 1.21 bits per heavy atom. The van der Waals surface area contributed by atoms with Gasteiger partial charge in [0.15, 0.2) is 0 Å². The van der Waals surface area contributed by atoms with E-state index in [2.05, 4.69) is 17.9 Å². The molecule has 0 aliphatic heterocycles. The van der Waals surface area contributed by atoms with Gasteiger partial charge in [-0.15, -0.1) is 0 Å². The van der Waals surface area contributed by atoms with Crippen LogP contribution in [0.25, 0.3) is 0 Å². The molecule has 3 heteroatoms. The number of ether oxygens (including phenoxy) is 1. The molecule has 1 aliphatic carbocycles. The van der Waals surface area contributed by atoms with E-state index in [-0.39, 0.29) is 0 Å². The number of benzene rings is 1. The van der Waals surface area contributed by atoms with Gasteiger partial charge in [-0.05, 0) is 38.8 Å². The fourth-order valence-electron chi connectivity index (χ4n) is 3.08. The lowest BCUT2D eigenvalue weighted by atomic mass is 9.93. The molecule has 106 valence electrons. The second-order valence-electron chi connectivity index (χ2n) is 5.20. The topological polar surface area (TPSA) is 38.5 Å². The Bertz CT molecular complexity index is 400. The molecule has 0 aromatic heterocycles. The molecule has 2 rings (SSSR count). The van der Waals surface area contributed by atoms with E-state index >= 15 is 0 Å². The van der Waals surface area contributed by atoms with Crippen molar-refractivity contribution in [3.05, 3.63) is 18.2 Å². The first-order valence-electron chi connectivity index (χ1n) is 7.55. The van der Waals surface area contributed by atoms with E-state index < -0.39 is 0 Å². The molecular formula is C16H26N2O. The van der Waals surface area contributed by atoms with E-state index in [1.54, 1.807) is 0 Å². The summed E-state index contributed by atoms with van der Waals surface area (Å²) in [6.45, 7) is 5.86. The Kier molecular flexibility index (Phi) is 4.94. The van der Waals surface area contributed by atoms with Crippen molar-refractivity contribution in [2.24, 2.45) is 0 Å². The third kappa shape index (κ3) is 3.14. The van der Waals surface area contributed by atoms with Crippen LogP contribution in [0.1, 0.15) is 46.0 Å². The van der Waals surface area contributed by atoms with E-state index in [9.17, 15) is 0 Å². The van der Waals surface area contributed by atoms with E-state index in [4.69, 9.17) is 10.5 Å². The van der Waals surface area contributed by atoms with Crippen LogP contribution < -0.4 is 15.4 Å². The summed E-state index contributed by atoms with van der Waals surface area (Å²) in [6, 6.07) is 6.76. The van der Waals surface area contributed by atoms with E-state index in [0.717, 1.165) is 23.7 Å². The minimum atomic E-state index is 0.637. The van der Waals surface area contributed by atoms with Crippen molar-refractivity contribution in [2.75, 3.05) is 23.8 Å². The fourth-order valence-corrected chi connectivity index (χ4v) is 3.08. The number of nitrogens with two attached hydrogens (primary N) is 1. The standard InChI is InChI=1S/C16H26N2O/c1-3-18(13-9-6-5-7-10-13)14-11-8-12-15(16(14)17)19-4-2/h8,11-13H,3-7,9-10,17H2,1-2H3. The van der Waals surface area contributed by atoms with Crippen LogP contribution >= 0.6 is 0 Å². The summed E-state index contributed by atoms with van der Waals surface area (Å²) >= 11 is 0. The Labute approximate surface area is 116 Å². The summed E-state index contributed by atoms with van der Waals surface area (Å²) in [5.74, 6) is 0.814. The third-order valence-electron chi connectivity index (χ3n) is 4.01. The van der Waals surface area contributed by atoms with Gasteiger partial charge in [0.1, 0.15) is 5.75 Å². The second-order valence-corrected chi connectivity index (χ2v) is 5.20. The highest BCUT2D eigenvalue weighted by atomic mass is 16.5. The maximum atomic E-state index is 6.29. The van der Waals surface area contributed by atoms with Crippen molar-refractivity contribution in [1.29, 1.82) is 0 Å². The molecule has 2 N–H and O–H groups in total. The average Bonchev–Trinajstić information content (AvgIpc) is 2.45. The van der Waals surface area contributed by atoms with Gasteiger partial charge in [0.05, 0.1) is 18.0 Å². The highest BCUT2D eigenvalue weighted by molar-refractivity contribution is 5.74. The van der Waals surface area contributed by atoms with Gasteiger partial charge in [-0.2, -0.15) is 0 Å². The van der Waals surface area contributed by atoms with Gasteiger partial charge in [0, 0.05) is 12.6 Å². The number of para-hydroxylation sites is 1. The summed E-state index contributed by atoms with van der Waals surface area (Å²) in [5, 5.41) is 0. The highest BCUT2D eigenvalue weighted by Gasteiger charge is 2.22. The molecule has 0 amide bonds. The van der Waals surface area contributed by atoms with Crippen LogP contribution in [0.5, 0.6) is 5.75 Å². The minimum Gasteiger partial charge on any atom is -0.492 e. The number of hydrogen-bond acceptors (Lipinski definition) is 3. The highest BCUT2D eigenvalue weighted by Crippen LogP contribution is 2.35. The molecule has 1 saturated carbocycles. The molecule has 0 heterocycles. The van der Waals surface area contributed by atoms with Crippen LogP contribution in [0.4, 0.5) is 11.4 Å². The molecule has 0 atom stereocenters. The molecule has 0 bridgehead atoms. The fraction of sp³-hybridized carbons (Fsp3) is 0.625. The van der Waals surface area contributed by atoms with Gasteiger partial charge in [0.2, 0.25) is 0 Å². The van der Waals surface area contributed by atoms with Crippen molar-refractivity contribution in [3.8, 4) is 5.75 Å². The van der Waals surface area contributed by atoms with Gasteiger partial charge < -0.3 is 15.4 Å². The molecule has 0 radical (unpaired) electrons. The largest absolute Gasteiger partial charge is 0.492 e. The van der Waals surface area contributed by atoms with E-state index in [0.29, 0.717) is 12.6 Å².